The van der Waals surface area contributed by atoms with Gasteiger partial charge in [0.05, 0.1) is 12.2 Å². The van der Waals surface area contributed by atoms with Crippen molar-refractivity contribution >= 4 is 5.78 Å². The third kappa shape index (κ3) is 2.51. The second-order valence-corrected chi connectivity index (χ2v) is 5.94. The molecule has 3 heteroatoms. The third-order valence-corrected chi connectivity index (χ3v) is 4.67. The van der Waals surface area contributed by atoms with Crippen LogP contribution in [0.15, 0.2) is 18.2 Å². The fourth-order valence-electron chi connectivity index (χ4n) is 3.65. The number of fused-ring (bicyclic) bond motifs is 2. The first kappa shape index (κ1) is 12.6. The molecule has 2 aliphatic carbocycles. The van der Waals surface area contributed by atoms with Crippen molar-refractivity contribution in [1.29, 1.82) is 0 Å². The molecule has 2 fully saturated rings. The highest BCUT2D eigenvalue weighted by atomic mass is 19.1. The number of ketones is 1. The number of ether oxygens (including phenoxy) is 1. The molecule has 0 heterocycles. The van der Waals surface area contributed by atoms with Gasteiger partial charge in [-0.05, 0) is 56.1 Å². The van der Waals surface area contributed by atoms with Gasteiger partial charge in [-0.25, -0.2) is 4.39 Å². The Balaban J connectivity index is 1.61. The summed E-state index contributed by atoms with van der Waals surface area (Å²) in [5, 5.41) is 0. The monoisotopic (exact) mass is 262 g/mol. The van der Waals surface area contributed by atoms with Crippen LogP contribution in [-0.4, -0.2) is 12.4 Å². The number of hydrogen-bond acceptors (Lipinski definition) is 2. The van der Waals surface area contributed by atoms with E-state index >= 15 is 0 Å². The van der Waals surface area contributed by atoms with E-state index in [1.165, 1.54) is 44.7 Å². The second kappa shape index (κ2) is 4.95. The summed E-state index contributed by atoms with van der Waals surface area (Å²) in [7, 11) is 0. The molecule has 2 aliphatic rings. The van der Waals surface area contributed by atoms with E-state index < -0.39 is 5.82 Å². The highest BCUT2D eigenvalue weighted by molar-refractivity contribution is 5.94. The predicted molar refractivity (Wildman–Crippen MR) is 70.8 cm³/mol. The lowest BCUT2D eigenvalue weighted by molar-refractivity contribution is 0.101. The molecule has 0 spiro atoms. The standard InChI is InChI=1S/C16H19FO2/c1-10(18)15-5-4-14(8-16(15)17)19-9-13-7-11-2-3-12(13)6-11/h4-5,8,11-13H,2-3,6-7,9H2,1H3. The van der Waals surface area contributed by atoms with Gasteiger partial charge in [-0.1, -0.05) is 6.42 Å². The van der Waals surface area contributed by atoms with Gasteiger partial charge in [0.15, 0.2) is 5.78 Å². The number of hydrogen-bond donors (Lipinski definition) is 0. The molecule has 3 unspecified atom stereocenters. The number of benzene rings is 1. The fraction of sp³-hybridized carbons (Fsp3) is 0.562. The number of halogens is 1. The summed E-state index contributed by atoms with van der Waals surface area (Å²) in [6, 6.07) is 4.52. The van der Waals surface area contributed by atoms with E-state index in [-0.39, 0.29) is 11.3 Å². The lowest BCUT2D eigenvalue weighted by Crippen LogP contribution is -2.18. The highest BCUT2D eigenvalue weighted by Crippen LogP contribution is 2.48. The average molecular weight is 262 g/mol. The van der Waals surface area contributed by atoms with Gasteiger partial charge in [0, 0.05) is 6.07 Å². The molecule has 3 atom stereocenters. The number of carbonyl (C=O) groups is 1. The molecule has 19 heavy (non-hydrogen) atoms. The van der Waals surface area contributed by atoms with Crippen LogP contribution >= 0.6 is 0 Å². The van der Waals surface area contributed by atoms with Gasteiger partial charge in [-0.15, -0.1) is 0 Å². The van der Waals surface area contributed by atoms with E-state index in [9.17, 15) is 9.18 Å². The largest absolute Gasteiger partial charge is 0.493 e. The number of carbonyl (C=O) groups excluding carboxylic acids is 1. The van der Waals surface area contributed by atoms with Crippen molar-refractivity contribution in [2.45, 2.75) is 32.6 Å². The normalized spacial score (nSPS) is 28.6. The average Bonchev–Trinajstić information content (AvgIpc) is 2.98. The van der Waals surface area contributed by atoms with Crippen LogP contribution in [0, 0.1) is 23.6 Å². The van der Waals surface area contributed by atoms with Crippen molar-refractivity contribution in [2.75, 3.05) is 6.61 Å². The second-order valence-electron chi connectivity index (χ2n) is 5.94. The van der Waals surface area contributed by atoms with E-state index in [0.29, 0.717) is 18.3 Å². The maximum Gasteiger partial charge on any atom is 0.162 e. The molecule has 2 saturated carbocycles. The molecule has 0 radical (unpaired) electrons. The third-order valence-electron chi connectivity index (χ3n) is 4.67. The van der Waals surface area contributed by atoms with E-state index in [4.69, 9.17) is 4.74 Å². The van der Waals surface area contributed by atoms with Crippen LogP contribution in [0.3, 0.4) is 0 Å². The first-order chi connectivity index (χ1) is 9.13. The number of rotatable bonds is 4. The van der Waals surface area contributed by atoms with Crippen molar-refractivity contribution in [2.24, 2.45) is 17.8 Å². The summed E-state index contributed by atoms with van der Waals surface area (Å²) in [5.74, 6) is 2.14. The molecule has 0 saturated heterocycles. The zero-order valence-electron chi connectivity index (χ0n) is 11.2. The molecule has 1 aromatic rings. The van der Waals surface area contributed by atoms with E-state index in [2.05, 4.69) is 0 Å². The van der Waals surface area contributed by atoms with Gasteiger partial charge in [0.25, 0.3) is 0 Å². The van der Waals surface area contributed by atoms with Crippen molar-refractivity contribution in [1.82, 2.24) is 0 Å². The summed E-state index contributed by atoms with van der Waals surface area (Å²) in [4.78, 5) is 11.2. The maximum atomic E-state index is 13.7. The van der Waals surface area contributed by atoms with Crippen molar-refractivity contribution < 1.29 is 13.9 Å². The summed E-state index contributed by atoms with van der Waals surface area (Å²) in [6.07, 6.45) is 5.32. The fourth-order valence-corrected chi connectivity index (χ4v) is 3.65. The lowest BCUT2D eigenvalue weighted by Gasteiger charge is -2.21. The minimum atomic E-state index is -0.488. The van der Waals surface area contributed by atoms with Crippen molar-refractivity contribution in [3.63, 3.8) is 0 Å². The molecule has 102 valence electrons. The minimum absolute atomic E-state index is 0.132. The van der Waals surface area contributed by atoms with Crippen LogP contribution in [0.2, 0.25) is 0 Å². The van der Waals surface area contributed by atoms with E-state index in [1.54, 1.807) is 6.07 Å². The van der Waals surface area contributed by atoms with Crippen LogP contribution in [0.5, 0.6) is 5.75 Å². The number of Topliss-reactive ketones (excluding diaryl/α,β-unsaturated/α-hetero) is 1. The highest BCUT2D eigenvalue weighted by Gasteiger charge is 2.39. The molecule has 3 rings (SSSR count). The molecule has 1 aromatic carbocycles. The van der Waals surface area contributed by atoms with Crippen LogP contribution in [-0.2, 0) is 0 Å². The van der Waals surface area contributed by atoms with Gasteiger partial charge in [0.1, 0.15) is 11.6 Å². The smallest absolute Gasteiger partial charge is 0.162 e. The Bertz CT molecular complexity index is 498. The van der Waals surface area contributed by atoms with Crippen molar-refractivity contribution in [3.05, 3.63) is 29.6 Å². The van der Waals surface area contributed by atoms with Crippen LogP contribution in [0.1, 0.15) is 43.0 Å². The Morgan fingerprint density at radius 2 is 2.21 bits per heavy atom. The Hall–Kier alpha value is -1.38. The molecular formula is C16H19FO2. The predicted octanol–water partition coefficient (Wildman–Crippen LogP) is 3.84. The van der Waals surface area contributed by atoms with Gasteiger partial charge in [-0.2, -0.15) is 0 Å². The molecule has 0 aromatic heterocycles. The molecule has 0 N–H and O–H groups in total. The van der Waals surface area contributed by atoms with Crippen LogP contribution in [0.25, 0.3) is 0 Å². The zero-order chi connectivity index (χ0) is 13.4. The van der Waals surface area contributed by atoms with Gasteiger partial charge >= 0.3 is 0 Å². The minimum Gasteiger partial charge on any atom is -0.493 e. The summed E-state index contributed by atoms with van der Waals surface area (Å²) in [5.41, 5.74) is 0.132. The topological polar surface area (TPSA) is 26.3 Å². The first-order valence-corrected chi connectivity index (χ1v) is 7.07. The summed E-state index contributed by atoms with van der Waals surface area (Å²) < 4.78 is 19.4. The van der Waals surface area contributed by atoms with Crippen LogP contribution in [0.4, 0.5) is 4.39 Å². The molecule has 0 aliphatic heterocycles. The SMILES string of the molecule is CC(=O)c1ccc(OCC2CC3CCC2C3)cc1F. The Morgan fingerprint density at radius 3 is 2.79 bits per heavy atom. The van der Waals surface area contributed by atoms with E-state index in [0.717, 1.165) is 11.8 Å². The quantitative estimate of drug-likeness (QED) is 0.770. The lowest BCUT2D eigenvalue weighted by atomic mass is 9.89. The Labute approximate surface area is 113 Å². The van der Waals surface area contributed by atoms with Crippen LogP contribution < -0.4 is 4.74 Å². The Kier molecular flexibility index (Phi) is 3.29. The maximum absolute atomic E-state index is 13.7. The van der Waals surface area contributed by atoms with Crippen molar-refractivity contribution in [3.8, 4) is 5.75 Å². The Morgan fingerprint density at radius 1 is 1.37 bits per heavy atom. The first-order valence-electron chi connectivity index (χ1n) is 7.07. The zero-order valence-corrected chi connectivity index (χ0v) is 11.2. The molecular weight excluding hydrogens is 243 g/mol. The molecule has 0 amide bonds. The van der Waals surface area contributed by atoms with Gasteiger partial charge in [-0.3, -0.25) is 4.79 Å². The van der Waals surface area contributed by atoms with Gasteiger partial charge < -0.3 is 4.74 Å². The van der Waals surface area contributed by atoms with Gasteiger partial charge in [0.2, 0.25) is 0 Å². The molecule has 2 nitrogen and oxygen atoms in total. The summed E-state index contributed by atoms with van der Waals surface area (Å²) in [6.45, 7) is 2.05. The molecule has 2 bridgehead atoms. The summed E-state index contributed by atoms with van der Waals surface area (Å²) >= 11 is 0. The van der Waals surface area contributed by atoms with E-state index in [1.807, 2.05) is 0 Å².